The van der Waals surface area contributed by atoms with Gasteiger partial charge in [0.05, 0.1) is 11.5 Å². The lowest BCUT2D eigenvalue weighted by Crippen LogP contribution is -2.25. The molecule has 2 rings (SSSR count). The molecule has 0 atom stereocenters. The quantitative estimate of drug-likeness (QED) is 0.497. The molecular formula is C22H30N2O5S. The van der Waals surface area contributed by atoms with Crippen molar-refractivity contribution >= 4 is 21.6 Å². The number of sulfonamides is 1. The average molecular weight is 435 g/mol. The summed E-state index contributed by atoms with van der Waals surface area (Å²) in [6.45, 7) is 8.37. The van der Waals surface area contributed by atoms with Crippen LogP contribution in [0.1, 0.15) is 37.6 Å². The van der Waals surface area contributed by atoms with Crippen molar-refractivity contribution in [2.45, 2.75) is 32.1 Å². The zero-order chi connectivity index (χ0) is 22.0. The van der Waals surface area contributed by atoms with Gasteiger partial charge in [-0.3, -0.25) is 9.52 Å². The maximum Gasteiger partial charge on any atom is 0.261 e. The molecule has 30 heavy (non-hydrogen) atoms. The fraction of sp³-hybridized carbons (Fsp3) is 0.409. The second kappa shape index (κ2) is 11.6. The minimum Gasteiger partial charge on any atom is -0.494 e. The summed E-state index contributed by atoms with van der Waals surface area (Å²) < 4.78 is 38.4. The van der Waals surface area contributed by atoms with Crippen LogP contribution < -0.4 is 14.8 Å². The summed E-state index contributed by atoms with van der Waals surface area (Å²) >= 11 is 0. The Bertz CT molecular complexity index is 894. The molecule has 2 aromatic carbocycles. The van der Waals surface area contributed by atoms with Crippen molar-refractivity contribution in [1.82, 2.24) is 5.32 Å². The zero-order valence-electron chi connectivity index (χ0n) is 17.7. The molecule has 0 fully saturated rings. The van der Waals surface area contributed by atoms with E-state index in [1.54, 1.807) is 24.3 Å². The van der Waals surface area contributed by atoms with E-state index in [-0.39, 0.29) is 10.8 Å². The summed E-state index contributed by atoms with van der Waals surface area (Å²) in [5.41, 5.74) is 0.832. The summed E-state index contributed by atoms with van der Waals surface area (Å²) in [5, 5.41) is 2.80. The van der Waals surface area contributed by atoms with Gasteiger partial charge in [0.2, 0.25) is 0 Å². The van der Waals surface area contributed by atoms with Crippen LogP contribution in [0.25, 0.3) is 0 Å². The predicted molar refractivity (Wildman–Crippen MR) is 117 cm³/mol. The van der Waals surface area contributed by atoms with Crippen LogP contribution in [0.15, 0.2) is 53.4 Å². The highest BCUT2D eigenvalue weighted by Crippen LogP contribution is 2.20. The summed E-state index contributed by atoms with van der Waals surface area (Å²) in [7, 11) is -3.75. The molecule has 0 unspecified atom stereocenters. The summed E-state index contributed by atoms with van der Waals surface area (Å²) in [5.74, 6) is 0.905. The van der Waals surface area contributed by atoms with Gasteiger partial charge >= 0.3 is 0 Å². The topological polar surface area (TPSA) is 93.7 Å². The maximum absolute atomic E-state index is 12.6. The number of anilines is 1. The Kier molecular flexibility index (Phi) is 9.14. The molecule has 1 amide bonds. The van der Waals surface area contributed by atoms with Crippen LogP contribution in [0.2, 0.25) is 0 Å². The number of amides is 1. The van der Waals surface area contributed by atoms with Crippen molar-refractivity contribution < 1.29 is 22.7 Å². The molecule has 0 radical (unpaired) electrons. The van der Waals surface area contributed by atoms with E-state index in [1.165, 1.54) is 24.3 Å². The van der Waals surface area contributed by atoms with Gasteiger partial charge in [0.25, 0.3) is 15.9 Å². The van der Waals surface area contributed by atoms with Gasteiger partial charge in [-0.15, -0.1) is 0 Å². The van der Waals surface area contributed by atoms with Crippen LogP contribution in [-0.4, -0.2) is 40.7 Å². The van der Waals surface area contributed by atoms with Crippen LogP contribution in [0.3, 0.4) is 0 Å². The summed E-state index contributed by atoms with van der Waals surface area (Å²) in [4.78, 5) is 12.3. The first-order valence-electron chi connectivity index (χ1n) is 10.0. The van der Waals surface area contributed by atoms with Gasteiger partial charge in [-0.1, -0.05) is 13.8 Å². The minimum atomic E-state index is -3.75. The van der Waals surface area contributed by atoms with Crippen LogP contribution in [0, 0.1) is 5.92 Å². The second-order valence-electron chi connectivity index (χ2n) is 7.17. The molecule has 0 aromatic heterocycles. The molecule has 0 bridgehead atoms. The molecule has 2 N–H and O–H groups in total. The Morgan fingerprint density at radius 1 is 1.03 bits per heavy atom. The first kappa shape index (κ1) is 23.7. The first-order chi connectivity index (χ1) is 14.3. The Hall–Kier alpha value is -2.58. The molecule has 2 aromatic rings. The molecule has 164 valence electrons. The molecule has 0 heterocycles. The standard InChI is InChI=1S/C22H30N2O5S/c1-4-29-20-10-8-19(9-11-20)24-30(26,27)21-12-6-18(7-13-21)22(25)23-14-5-15-28-16-17(2)3/h6-13,17,24H,4-5,14-16H2,1-3H3,(H,23,25). The Morgan fingerprint density at radius 3 is 2.30 bits per heavy atom. The molecule has 0 spiro atoms. The first-order valence-corrected chi connectivity index (χ1v) is 11.5. The molecule has 0 saturated carbocycles. The molecule has 0 aliphatic carbocycles. The number of hydrogen-bond donors (Lipinski definition) is 2. The molecule has 0 saturated heterocycles. The van der Waals surface area contributed by atoms with Gasteiger partial charge in [-0.25, -0.2) is 8.42 Å². The van der Waals surface area contributed by atoms with Crippen molar-refractivity contribution in [3.8, 4) is 5.75 Å². The lowest BCUT2D eigenvalue weighted by atomic mass is 10.2. The van der Waals surface area contributed by atoms with Crippen molar-refractivity contribution in [2.24, 2.45) is 5.92 Å². The fourth-order valence-electron chi connectivity index (χ4n) is 2.58. The zero-order valence-corrected chi connectivity index (χ0v) is 18.5. The van der Waals surface area contributed by atoms with E-state index in [0.29, 0.717) is 49.3 Å². The Labute approximate surface area is 178 Å². The minimum absolute atomic E-state index is 0.0787. The second-order valence-corrected chi connectivity index (χ2v) is 8.85. The largest absolute Gasteiger partial charge is 0.494 e. The van der Waals surface area contributed by atoms with Crippen molar-refractivity contribution in [3.63, 3.8) is 0 Å². The lowest BCUT2D eigenvalue weighted by molar-refractivity contribution is 0.0925. The third kappa shape index (κ3) is 7.68. The summed E-state index contributed by atoms with van der Waals surface area (Å²) in [6.07, 6.45) is 0.719. The van der Waals surface area contributed by atoms with E-state index in [2.05, 4.69) is 23.9 Å². The number of carbonyl (C=O) groups is 1. The molecular weight excluding hydrogens is 404 g/mol. The third-order valence-corrected chi connectivity index (χ3v) is 5.44. The van der Waals surface area contributed by atoms with E-state index in [9.17, 15) is 13.2 Å². The monoisotopic (exact) mass is 434 g/mol. The highest BCUT2D eigenvalue weighted by Gasteiger charge is 2.15. The van der Waals surface area contributed by atoms with Crippen molar-refractivity contribution in [3.05, 3.63) is 54.1 Å². The van der Waals surface area contributed by atoms with Crippen molar-refractivity contribution in [2.75, 3.05) is 31.1 Å². The highest BCUT2D eigenvalue weighted by atomic mass is 32.2. The van der Waals surface area contributed by atoms with Gasteiger partial charge in [0, 0.05) is 31.0 Å². The van der Waals surface area contributed by atoms with Crippen LogP contribution in [-0.2, 0) is 14.8 Å². The number of benzene rings is 2. The van der Waals surface area contributed by atoms with Gasteiger partial charge in [-0.2, -0.15) is 0 Å². The van der Waals surface area contributed by atoms with Gasteiger partial charge < -0.3 is 14.8 Å². The Morgan fingerprint density at radius 2 is 1.70 bits per heavy atom. The van der Waals surface area contributed by atoms with Gasteiger partial charge in [0.1, 0.15) is 5.75 Å². The SMILES string of the molecule is CCOc1ccc(NS(=O)(=O)c2ccc(C(=O)NCCCOCC(C)C)cc2)cc1. The maximum atomic E-state index is 12.6. The highest BCUT2D eigenvalue weighted by molar-refractivity contribution is 7.92. The van der Waals surface area contributed by atoms with Gasteiger partial charge in [-0.05, 0) is 67.8 Å². The molecule has 0 aliphatic heterocycles. The number of hydrogen-bond acceptors (Lipinski definition) is 5. The van der Waals surface area contributed by atoms with E-state index in [1.807, 2.05) is 6.92 Å². The fourth-order valence-corrected chi connectivity index (χ4v) is 3.64. The van der Waals surface area contributed by atoms with E-state index >= 15 is 0 Å². The lowest BCUT2D eigenvalue weighted by Gasteiger charge is -2.10. The molecule has 8 heteroatoms. The van der Waals surface area contributed by atoms with E-state index in [4.69, 9.17) is 9.47 Å². The summed E-state index contributed by atoms with van der Waals surface area (Å²) in [6, 6.07) is 12.5. The normalized spacial score (nSPS) is 11.3. The van der Waals surface area contributed by atoms with Crippen LogP contribution in [0.5, 0.6) is 5.75 Å². The molecule has 7 nitrogen and oxygen atoms in total. The third-order valence-electron chi connectivity index (χ3n) is 4.05. The number of nitrogens with one attached hydrogen (secondary N) is 2. The number of carbonyl (C=O) groups excluding carboxylic acids is 1. The van der Waals surface area contributed by atoms with Gasteiger partial charge in [0.15, 0.2) is 0 Å². The molecule has 0 aliphatic rings. The van der Waals surface area contributed by atoms with Crippen LogP contribution in [0.4, 0.5) is 5.69 Å². The predicted octanol–water partition coefficient (Wildman–Crippen LogP) is 3.68. The van der Waals surface area contributed by atoms with Crippen molar-refractivity contribution in [1.29, 1.82) is 0 Å². The van der Waals surface area contributed by atoms with Crippen LogP contribution >= 0.6 is 0 Å². The van der Waals surface area contributed by atoms with E-state index < -0.39 is 10.0 Å². The smallest absolute Gasteiger partial charge is 0.261 e. The number of rotatable bonds is 12. The average Bonchev–Trinajstić information content (AvgIpc) is 2.72. The Balaban J connectivity index is 1.88. The van der Waals surface area contributed by atoms with E-state index in [0.717, 1.165) is 6.42 Å². The number of ether oxygens (including phenoxy) is 2.